The van der Waals surface area contributed by atoms with Crippen LogP contribution in [0.4, 0.5) is 0 Å². The van der Waals surface area contributed by atoms with Crippen molar-refractivity contribution in [2.24, 2.45) is 18.4 Å². The molecule has 3 aromatic heterocycles. The summed E-state index contributed by atoms with van der Waals surface area (Å²) in [5, 5.41) is 12.9. The maximum absolute atomic E-state index is 14.5. The molecule has 9 nitrogen and oxygen atoms in total. The van der Waals surface area contributed by atoms with Crippen molar-refractivity contribution in [3.05, 3.63) is 71.0 Å². The van der Waals surface area contributed by atoms with Crippen LogP contribution in [0.1, 0.15) is 42.2 Å². The molecule has 0 saturated heterocycles. The molecule has 202 valence electrons. The third kappa shape index (κ3) is 5.66. The maximum atomic E-state index is 14.5. The zero-order valence-electron chi connectivity index (χ0n) is 23.4. The first-order chi connectivity index (χ1) is 18.0. The lowest BCUT2D eigenvalue weighted by Crippen LogP contribution is -2.55. The summed E-state index contributed by atoms with van der Waals surface area (Å²) in [5.41, 5.74) is 3.56. The van der Waals surface area contributed by atoms with Gasteiger partial charge in [0.05, 0.1) is 17.7 Å². The number of hydrogen-bond acceptors (Lipinski definition) is 5. The second-order valence-electron chi connectivity index (χ2n) is 10.9. The lowest BCUT2D eigenvalue weighted by Gasteiger charge is -2.37. The van der Waals surface area contributed by atoms with Crippen molar-refractivity contribution in [3.8, 4) is 0 Å². The van der Waals surface area contributed by atoms with E-state index in [4.69, 9.17) is 4.42 Å². The van der Waals surface area contributed by atoms with Crippen LogP contribution in [0.2, 0.25) is 0 Å². The number of hydrogen-bond donors (Lipinski definition) is 1. The van der Waals surface area contributed by atoms with Crippen LogP contribution in [-0.4, -0.2) is 62.2 Å². The summed E-state index contributed by atoms with van der Waals surface area (Å²) in [4.78, 5) is 32.3. The molecular weight excluding hydrogens is 480 g/mol. The minimum atomic E-state index is -1.40. The van der Waals surface area contributed by atoms with Crippen LogP contribution in [0, 0.1) is 25.2 Å². The van der Waals surface area contributed by atoms with Crippen molar-refractivity contribution in [1.82, 2.24) is 29.8 Å². The highest BCUT2D eigenvalue weighted by atomic mass is 16.3. The van der Waals surface area contributed by atoms with Gasteiger partial charge < -0.3 is 14.2 Å². The molecule has 2 amide bonds. The Kier molecular flexibility index (Phi) is 7.76. The van der Waals surface area contributed by atoms with E-state index in [1.54, 1.807) is 34.8 Å². The minimum Gasteiger partial charge on any atom is -0.464 e. The van der Waals surface area contributed by atoms with Crippen molar-refractivity contribution < 1.29 is 14.0 Å². The number of rotatable bonds is 10. The summed E-state index contributed by atoms with van der Waals surface area (Å²) in [6.07, 6.45) is 2.04. The molecule has 1 atom stereocenters. The molecule has 0 radical (unpaired) electrons. The molecule has 0 aliphatic heterocycles. The monoisotopic (exact) mass is 518 g/mol. The first-order valence-corrected chi connectivity index (χ1v) is 13.0. The van der Waals surface area contributed by atoms with Gasteiger partial charge in [0.15, 0.2) is 0 Å². The van der Waals surface area contributed by atoms with E-state index in [0.29, 0.717) is 18.8 Å². The standard InChI is InChI=1S/C29H38N6O3/c1-19(2)17-33(5)27(36)29(15-24-12-20(3)30-31-24,16-25-13-21(4)32-35(25)7)28(37)34(6)18-22-8-9-26-23(14-22)10-11-38-26/h8-14,19H,15-18H2,1-7H3,(H,30,31). The van der Waals surface area contributed by atoms with Crippen molar-refractivity contribution in [2.75, 3.05) is 20.6 Å². The first-order valence-electron chi connectivity index (χ1n) is 13.0. The van der Waals surface area contributed by atoms with Crippen LogP contribution >= 0.6 is 0 Å². The number of aromatic amines is 1. The second kappa shape index (κ2) is 10.8. The molecule has 4 aromatic rings. The van der Waals surface area contributed by atoms with Gasteiger partial charge in [0, 0.05) is 63.8 Å². The van der Waals surface area contributed by atoms with Crippen LogP contribution in [0.15, 0.2) is 47.1 Å². The van der Waals surface area contributed by atoms with Gasteiger partial charge in [-0.05, 0) is 55.7 Å². The van der Waals surface area contributed by atoms with Gasteiger partial charge in [0.2, 0.25) is 11.8 Å². The Morgan fingerprint density at radius 2 is 1.79 bits per heavy atom. The fraction of sp³-hybridized carbons (Fsp3) is 0.448. The zero-order chi connectivity index (χ0) is 27.6. The van der Waals surface area contributed by atoms with E-state index in [-0.39, 0.29) is 30.6 Å². The quantitative estimate of drug-likeness (QED) is 0.319. The number of benzene rings is 1. The van der Waals surface area contributed by atoms with Crippen molar-refractivity contribution in [2.45, 2.75) is 47.1 Å². The molecular formula is C29H38N6O3. The molecule has 0 fully saturated rings. The predicted molar refractivity (Wildman–Crippen MR) is 146 cm³/mol. The molecule has 0 aliphatic carbocycles. The summed E-state index contributed by atoms with van der Waals surface area (Å²) >= 11 is 0. The number of aryl methyl sites for hydroxylation is 3. The molecule has 4 rings (SSSR count). The number of carbonyl (C=O) groups excluding carboxylic acids is 2. The first kappa shape index (κ1) is 27.2. The smallest absolute Gasteiger partial charge is 0.239 e. The molecule has 1 aromatic carbocycles. The van der Waals surface area contributed by atoms with Gasteiger partial charge in [0.25, 0.3) is 0 Å². The number of fused-ring (bicyclic) bond motifs is 1. The Balaban J connectivity index is 1.78. The Morgan fingerprint density at radius 3 is 2.42 bits per heavy atom. The number of carbonyl (C=O) groups is 2. The van der Waals surface area contributed by atoms with Crippen molar-refractivity contribution in [3.63, 3.8) is 0 Å². The van der Waals surface area contributed by atoms with E-state index < -0.39 is 5.41 Å². The van der Waals surface area contributed by atoms with E-state index in [1.165, 1.54) is 0 Å². The number of furan rings is 1. The highest BCUT2D eigenvalue weighted by molar-refractivity contribution is 6.05. The van der Waals surface area contributed by atoms with Crippen molar-refractivity contribution >= 4 is 22.8 Å². The number of nitrogens with one attached hydrogen (secondary N) is 1. The van der Waals surface area contributed by atoms with Gasteiger partial charge in [-0.3, -0.25) is 19.4 Å². The molecule has 9 heteroatoms. The fourth-order valence-electron chi connectivity index (χ4n) is 5.29. The molecule has 0 aliphatic rings. The second-order valence-corrected chi connectivity index (χ2v) is 10.9. The highest BCUT2D eigenvalue weighted by Gasteiger charge is 2.50. The lowest BCUT2D eigenvalue weighted by molar-refractivity contribution is -0.156. The highest BCUT2D eigenvalue weighted by Crippen LogP contribution is 2.34. The van der Waals surface area contributed by atoms with Gasteiger partial charge in [-0.25, -0.2) is 0 Å². The van der Waals surface area contributed by atoms with Crippen LogP contribution in [0.3, 0.4) is 0 Å². The van der Waals surface area contributed by atoms with Crippen LogP contribution < -0.4 is 0 Å². The summed E-state index contributed by atoms with van der Waals surface area (Å²) in [6.45, 7) is 8.84. The average Bonchev–Trinajstić information content (AvgIpc) is 3.56. The van der Waals surface area contributed by atoms with E-state index in [2.05, 4.69) is 29.1 Å². The van der Waals surface area contributed by atoms with Gasteiger partial charge in [-0.15, -0.1) is 0 Å². The van der Waals surface area contributed by atoms with Crippen LogP contribution in [-0.2, 0) is 36.0 Å². The van der Waals surface area contributed by atoms with Gasteiger partial charge in [-0.1, -0.05) is 19.9 Å². The van der Waals surface area contributed by atoms with Crippen LogP contribution in [0.25, 0.3) is 11.0 Å². The summed E-state index contributed by atoms with van der Waals surface area (Å²) < 4.78 is 7.23. The van der Waals surface area contributed by atoms with E-state index in [0.717, 1.165) is 33.6 Å². The topological polar surface area (TPSA) is 100 Å². The normalized spacial score (nSPS) is 13.2. The molecule has 0 saturated carbocycles. The van der Waals surface area contributed by atoms with Gasteiger partial charge in [-0.2, -0.15) is 10.2 Å². The molecule has 3 heterocycles. The number of aromatic nitrogens is 4. The largest absolute Gasteiger partial charge is 0.464 e. The Morgan fingerprint density at radius 1 is 1.05 bits per heavy atom. The third-order valence-corrected chi connectivity index (χ3v) is 6.91. The Hall–Kier alpha value is -3.88. The molecule has 0 bridgehead atoms. The SMILES string of the molecule is Cc1cc(CC(Cc2cc(C)[nH]n2)(C(=O)N(C)Cc2ccc3occc3c2)C(=O)N(C)CC(C)C)n(C)n1. The van der Waals surface area contributed by atoms with E-state index >= 15 is 0 Å². The minimum absolute atomic E-state index is 0.173. The Labute approximate surface area is 223 Å². The zero-order valence-corrected chi connectivity index (χ0v) is 23.4. The van der Waals surface area contributed by atoms with Crippen LogP contribution in [0.5, 0.6) is 0 Å². The average molecular weight is 519 g/mol. The third-order valence-electron chi connectivity index (χ3n) is 6.91. The maximum Gasteiger partial charge on any atom is 0.239 e. The number of H-pyrrole nitrogens is 1. The summed E-state index contributed by atoms with van der Waals surface area (Å²) in [6, 6.07) is 11.6. The Bertz CT molecular complexity index is 1430. The summed E-state index contributed by atoms with van der Waals surface area (Å²) in [7, 11) is 5.39. The van der Waals surface area contributed by atoms with Gasteiger partial charge >= 0.3 is 0 Å². The molecule has 0 spiro atoms. The number of nitrogens with zero attached hydrogens (tertiary/aromatic N) is 5. The molecule has 1 N–H and O–H groups in total. The van der Waals surface area contributed by atoms with Crippen molar-refractivity contribution in [1.29, 1.82) is 0 Å². The molecule has 1 unspecified atom stereocenters. The van der Waals surface area contributed by atoms with E-state index in [1.807, 2.05) is 57.3 Å². The summed E-state index contributed by atoms with van der Waals surface area (Å²) in [5.74, 6) is -0.208. The fourth-order valence-corrected chi connectivity index (χ4v) is 5.29. The predicted octanol–water partition coefficient (Wildman–Crippen LogP) is 4.05. The van der Waals surface area contributed by atoms with Gasteiger partial charge in [0.1, 0.15) is 11.0 Å². The molecule has 38 heavy (non-hydrogen) atoms. The number of amides is 2. The lowest BCUT2D eigenvalue weighted by atomic mass is 9.75. The van der Waals surface area contributed by atoms with E-state index in [9.17, 15) is 9.59 Å².